The summed E-state index contributed by atoms with van der Waals surface area (Å²) in [6.45, 7) is 4.94. The lowest BCUT2D eigenvalue weighted by Crippen LogP contribution is -2.31. The number of amides is 2. The van der Waals surface area contributed by atoms with E-state index < -0.39 is 5.91 Å². The molecule has 2 N–H and O–H groups in total. The maximum Gasteiger partial charge on any atom is 0.273 e. The van der Waals surface area contributed by atoms with Crippen LogP contribution in [0.1, 0.15) is 34.7 Å². The molecule has 4 aromatic rings. The molecule has 0 aliphatic carbocycles. The molecule has 0 saturated carbocycles. The monoisotopic (exact) mass is 435 g/mol. The third-order valence-corrected chi connectivity index (χ3v) is 5.45. The Balaban J connectivity index is 1.75. The van der Waals surface area contributed by atoms with Crippen molar-refractivity contribution in [1.29, 1.82) is 0 Å². The van der Waals surface area contributed by atoms with Crippen molar-refractivity contribution in [3.63, 3.8) is 0 Å². The van der Waals surface area contributed by atoms with Gasteiger partial charge in [-0.3, -0.25) is 9.59 Å². The van der Waals surface area contributed by atoms with Crippen molar-refractivity contribution in [3.8, 4) is 5.69 Å². The minimum atomic E-state index is -0.390. The average molecular weight is 436 g/mol. The van der Waals surface area contributed by atoms with Gasteiger partial charge in [0.05, 0.1) is 22.4 Å². The Hall–Kier alpha value is -3.58. The van der Waals surface area contributed by atoms with Crippen molar-refractivity contribution in [2.45, 2.75) is 13.8 Å². The number of nitrogens with zero attached hydrogens (tertiary/aromatic N) is 3. The number of hydrogen-bond acceptors (Lipinski definition) is 3. The Morgan fingerprint density at radius 2 is 1.84 bits per heavy atom. The number of fused-ring (bicyclic) bond motifs is 1. The van der Waals surface area contributed by atoms with Gasteiger partial charge >= 0.3 is 0 Å². The molecule has 2 amide bonds. The molecule has 158 valence electrons. The summed E-state index contributed by atoms with van der Waals surface area (Å²) < 4.78 is 1.56. The number of aromatic amines is 1. The van der Waals surface area contributed by atoms with Gasteiger partial charge < -0.3 is 15.2 Å². The smallest absolute Gasteiger partial charge is 0.273 e. The number of aromatic nitrogens is 3. The molecule has 2 aromatic carbocycles. The number of halogens is 1. The van der Waals surface area contributed by atoms with Gasteiger partial charge in [0.15, 0.2) is 0 Å². The van der Waals surface area contributed by atoms with E-state index in [0.717, 1.165) is 11.1 Å². The van der Waals surface area contributed by atoms with Gasteiger partial charge in [0.25, 0.3) is 11.8 Å². The van der Waals surface area contributed by atoms with E-state index in [-0.39, 0.29) is 5.91 Å². The summed E-state index contributed by atoms with van der Waals surface area (Å²) >= 11 is 6.23. The molecule has 8 heteroatoms. The lowest BCUT2D eigenvalue weighted by Gasteiger charge is -2.19. The first-order valence-electron chi connectivity index (χ1n) is 10.0. The Kier molecular flexibility index (Phi) is 5.77. The molecule has 0 spiro atoms. The molecule has 0 atom stereocenters. The molecule has 7 nitrogen and oxygen atoms in total. The second kappa shape index (κ2) is 8.65. The second-order valence-electron chi connectivity index (χ2n) is 6.97. The van der Waals surface area contributed by atoms with Crippen molar-refractivity contribution in [2.24, 2.45) is 0 Å². The van der Waals surface area contributed by atoms with Crippen LogP contribution in [0.25, 0.3) is 16.6 Å². The number of nitrogens with one attached hydrogen (secondary N) is 2. The van der Waals surface area contributed by atoms with Crippen LogP contribution in [0.4, 0.5) is 5.82 Å². The minimum Gasteiger partial charge on any atom is -0.349 e. The van der Waals surface area contributed by atoms with Crippen molar-refractivity contribution >= 4 is 40.1 Å². The summed E-state index contributed by atoms with van der Waals surface area (Å²) in [5.41, 5.74) is 2.08. The van der Waals surface area contributed by atoms with Crippen molar-refractivity contribution < 1.29 is 9.59 Å². The molecular weight excluding hydrogens is 414 g/mol. The number of H-pyrrole nitrogens is 1. The summed E-state index contributed by atoms with van der Waals surface area (Å²) in [5.74, 6) is -0.265. The zero-order valence-electron chi connectivity index (χ0n) is 17.2. The van der Waals surface area contributed by atoms with Gasteiger partial charge in [-0.15, -0.1) is 0 Å². The van der Waals surface area contributed by atoms with Gasteiger partial charge in [0.1, 0.15) is 17.1 Å². The van der Waals surface area contributed by atoms with E-state index in [1.807, 2.05) is 56.3 Å². The van der Waals surface area contributed by atoms with Gasteiger partial charge in [-0.2, -0.15) is 5.10 Å². The van der Waals surface area contributed by atoms with Crippen LogP contribution in [0.5, 0.6) is 0 Å². The first kappa shape index (κ1) is 20.7. The largest absolute Gasteiger partial charge is 0.349 e. The molecular formula is C23H22ClN5O2. The first-order chi connectivity index (χ1) is 15.0. The number of anilines is 1. The first-order valence-corrected chi connectivity index (χ1v) is 10.4. The molecule has 0 aliphatic rings. The Morgan fingerprint density at radius 3 is 2.52 bits per heavy atom. The van der Waals surface area contributed by atoms with Crippen LogP contribution in [0.15, 0.2) is 60.8 Å². The molecule has 0 bridgehead atoms. The highest BCUT2D eigenvalue weighted by atomic mass is 35.5. The maximum absolute atomic E-state index is 13.1. The number of carbonyl (C=O) groups is 2. The van der Waals surface area contributed by atoms with E-state index in [0.29, 0.717) is 40.7 Å². The molecule has 0 unspecified atom stereocenters. The number of rotatable bonds is 6. The van der Waals surface area contributed by atoms with Crippen molar-refractivity contribution in [2.75, 3.05) is 18.4 Å². The van der Waals surface area contributed by atoms with Crippen LogP contribution in [0.3, 0.4) is 0 Å². The normalized spacial score (nSPS) is 10.9. The summed E-state index contributed by atoms with van der Waals surface area (Å²) in [4.78, 5) is 30.9. The molecule has 0 fully saturated rings. The summed E-state index contributed by atoms with van der Waals surface area (Å²) in [6, 6.07) is 16.5. The maximum atomic E-state index is 13.1. The third-order valence-electron chi connectivity index (χ3n) is 5.13. The zero-order chi connectivity index (χ0) is 22.0. The number of hydrogen-bond donors (Lipinski definition) is 2. The van der Waals surface area contributed by atoms with Crippen LogP contribution >= 0.6 is 11.6 Å². The quantitative estimate of drug-likeness (QED) is 0.458. The van der Waals surface area contributed by atoms with E-state index in [1.165, 1.54) is 6.20 Å². The number of para-hydroxylation sites is 2. The Morgan fingerprint density at radius 1 is 1.10 bits per heavy atom. The minimum absolute atomic E-state index is 0.192. The standard InChI is InChI=1S/C23H22ClN5O2/c1-3-28(4-2)23(31)17-14-25-29(16-10-6-5-7-11-16)21(17)27-22(30)19-13-15-9-8-12-18(24)20(15)26-19/h5-14,26H,3-4H2,1-2H3,(H,27,30). The molecule has 2 aromatic heterocycles. The number of benzene rings is 2. The van der Waals surface area contributed by atoms with E-state index in [4.69, 9.17) is 11.6 Å². The summed E-state index contributed by atoms with van der Waals surface area (Å²) in [6.07, 6.45) is 1.49. The Labute approximate surface area is 184 Å². The van der Waals surface area contributed by atoms with E-state index >= 15 is 0 Å². The lowest BCUT2D eigenvalue weighted by atomic mass is 10.2. The van der Waals surface area contributed by atoms with Crippen LogP contribution in [-0.4, -0.2) is 44.6 Å². The average Bonchev–Trinajstić information content (AvgIpc) is 3.40. The van der Waals surface area contributed by atoms with E-state index in [9.17, 15) is 9.59 Å². The van der Waals surface area contributed by atoms with Gasteiger partial charge in [-0.25, -0.2) is 4.68 Å². The zero-order valence-corrected chi connectivity index (χ0v) is 18.0. The molecule has 0 saturated heterocycles. The lowest BCUT2D eigenvalue weighted by molar-refractivity contribution is 0.0774. The van der Waals surface area contributed by atoms with Gasteiger partial charge in [-0.05, 0) is 38.1 Å². The highest BCUT2D eigenvalue weighted by Crippen LogP contribution is 2.26. The SMILES string of the molecule is CCN(CC)C(=O)c1cnn(-c2ccccc2)c1NC(=O)c1cc2cccc(Cl)c2[nH]1. The fourth-order valence-electron chi connectivity index (χ4n) is 3.49. The molecule has 0 aliphatic heterocycles. The van der Waals surface area contributed by atoms with E-state index in [2.05, 4.69) is 15.4 Å². The second-order valence-corrected chi connectivity index (χ2v) is 7.38. The molecule has 0 radical (unpaired) electrons. The Bertz CT molecular complexity index is 1240. The van der Waals surface area contributed by atoms with Crippen LogP contribution in [0, 0.1) is 0 Å². The van der Waals surface area contributed by atoms with Gasteiger partial charge in [-0.1, -0.05) is 41.9 Å². The fourth-order valence-corrected chi connectivity index (χ4v) is 3.72. The van der Waals surface area contributed by atoms with E-state index in [1.54, 1.807) is 21.7 Å². The predicted octanol–water partition coefficient (Wildman–Crippen LogP) is 4.74. The van der Waals surface area contributed by atoms with Crippen LogP contribution in [0.2, 0.25) is 5.02 Å². The number of carbonyl (C=O) groups excluding carboxylic acids is 2. The highest BCUT2D eigenvalue weighted by molar-refractivity contribution is 6.35. The van der Waals surface area contributed by atoms with Crippen molar-refractivity contribution in [1.82, 2.24) is 19.7 Å². The topological polar surface area (TPSA) is 83.0 Å². The predicted molar refractivity (Wildman–Crippen MR) is 122 cm³/mol. The highest BCUT2D eigenvalue weighted by Gasteiger charge is 2.24. The molecule has 2 heterocycles. The fraction of sp³-hybridized carbons (Fsp3) is 0.174. The third kappa shape index (κ3) is 3.92. The molecule has 31 heavy (non-hydrogen) atoms. The van der Waals surface area contributed by atoms with Crippen molar-refractivity contribution in [3.05, 3.63) is 77.1 Å². The molecule has 4 rings (SSSR count). The van der Waals surface area contributed by atoms with Gasteiger partial charge in [0.2, 0.25) is 0 Å². The van der Waals surface area contributed by atoms with Crippen LogP contribution in [-0.2, 0) is 0 Å². The summed E-state index contributed by atoms with van der Waals surface area (Å²) in [7, 11) is 0. The van der Waals surface area contributed by atoms with Crippen LogP contribution < -0.4 is 5.32 Å². The van der Waals surface area contributed by atoms with Gasteiger partial charge in [0, 0.05) is 18.5 Å². The summed E-state index contributed by atoms with van der Waals surface area (Å²) in [5, 5.41) is 8.62.